The van der Waals surface area contributed by atoms with Gasteiger partial charge in [-0.05, 0) is 10.8 Å². The Hall–Kier alpha value is -3.38. The van der Waals surface area contributed by atoms with E-state index >= 15 is 0 Å². The fraction of sp³-hybridized carbons (Fsp3) is 0.174. The molecule has 0 saturated carbocycles. The Morgan fingerprint density at radius 2 is 1.37 bits per heavy atom. The van der Waals surface area contributed by atoms with E-state index in [1.165, 1.54) is 34.4 Å². The predicted octanol–water partition coefficient (Wildman–Crippen LogP) is 11.9. The van der Waals surface area contributed by atoms with Gasteiger partial charge in [-0.2, -0.15) is 0 Å². The maximum atomic E-state index is 9.35. The van der Waals surface area contributed by atoms with Crippen LogP contribution in [-0.2, 0) is 20.1 Å². The van der Waals surface area contributed by atoms with Crippen molar-refractivity contribution in [3.63, 3.8) is 0 Å². The molecule has 6 heteroatoms. The van der Waals surface area contributed by atoms with E-state index in [0.29, 0.717) is 0 Å². The van der Waals surface area contributed by atoms with Gasteiger partial charge in [0.25, 0.3) is 0 Å². The molecule has 263 valence electrons. The van der Waals surface area contributed by atoms with Crippen LogP contribution in [-0.4, -0.2) is 36.5 Å². The van der Waals surface area contributed by atoms with Crippen molar-refractivity contribution < 1.29 is 21.5 Å². The second-order valence-corrected chi connectivity index (χ2v) is 37.6. The van der Waals surface area contributed by atoms with Gasteiger partial charge in [-0.1, -0.05) is 30.3 Å². The minimum absolute atomic E-state index is 0. The van der Waals surface area contributed by atoms with E-state index in [1.807, 2.05) is 73.1 Å². The molecule has 2 nitrogen and oxygen atoms in total. The summed E-state index contributed by atoms with van der Waals surface area (Å²) in [6.45, 7) is 1.97. The average molecular weight is 995 g/mol. The third-order valence-corrected chi connectivity index (χ3v) is 19.3. The van der Waals surface area contributed by atoms with Gasteiger partial charge in [0.2, 0.25) is 0 Å². The first kappa shape index (κ1) is 37.0. The van der Waals surface area contributed by atoms with Gasteiger partial charge in [-0.3, -0.25) is 0 Å². The molecule has 0 amide bonds. The summed E-state index contributed by atoms with van der Waals surface area (Å²) in [5.74, 6) is 13.6. The van der Waals surface area contributed by atoms with E-state index in [1.54, 1.807) is 0 Å². The summed E-state index contributed by atoms with van der Waals surface area (Å²) in [6, 6.07) is 48.9. The number of rotatable bonds is 6. The molecule has 0 aliphatic heterocycles. The van der Waals surface area contributed by atoms with Crippen LogP contribution in [0.25, 0.3) is 53.5 Å². The molecule has 0 aliphatic rings. The number of nitrogens with zero attached hydrogens (tertiary/aromatic N) is 2. The van der Waals surface area contributed by atoms with Gasteiger partial charge in [-0.15, -0.1) is 0 Å². The zero-order valence-corrected chi connectivity index (χ0v) is 38.2. The van der Waals surface area contributed by atoms with Crippen molar-refractivity contribution in [3.05, 3.63) is 157 Å². The van der Waals surface area contributed by atoms with Crippen LogP contribution >= 0.6 is 11.3 Å². The summed E-state index contributed by atoms with van der Waals surface area (Å²) >= 11 is -1.79. The molecule has 52 heavy (non-hydrogen) atoms. The molecule has 1 atom stereocenters. The van der Waals surface area contributed by atoms with Crippen molar-refractivity contribution in [1.29, 1.82) is 0 Å². The molecule has 8 aromatic rings. The van der Waals surface area contributed by atoms with Crippen LogP contribution in [0.1, 0.15) is 25.3 Å². The first-order chi connectivity index (χ1) is 24.8. The quantitative estimate of drug-likeness (QED) is 0.123. The normalized spacial score (nSPS) is 13.2. The van der Waals surface area contributed by atoms with Crippen LogP contribution in [0, 0.1) is 12.1 Å². The van der Waals surface area contributed by atoms with Crippen LogP contribution in [0.5, 0.6) is 0 Å². The summed E-state index contributed by atoms with van der Waals surface area (Å²) in [5.41, 5.74) is 5.87. The summed E-state index contributed by atoms with van der Waals surface area (Å²) < 4.78 is 14.9. The van der Waals surface area contributed by atoms with Crippen LogP contribution in [0.2, 0.25) is 34.5 Å². The van der Waals surface area contributed by atoms with Crippen molar-refractivity contribution in [3.8, 4) is 22.5 Å². The van der Waals surface area contributed by atoms with Crippen LogP contribution < -0.4 is 8.79 Å². The summed E-state index contributed by atoms with van der Waals surface area (Å²) in [6.07, 6.45) is 3.87. The molecule has 0 N–H and O–H groups in total. The minimum atomic E-state index is -1.91. The molecule has 3 aromatic heterocycles. The van der Waals surface area contributed by atoms with Crippen molar-refractivity contribution in [2.24, 2.45) is 0 Å². The third kappa shape index (κ3) is 8.38. The summed E-state index contributed by atoms with van der Waals surface area (Å²) in [4.78, 5) is 9.28. The van der Waals surface area contributed by atoms with Gasteiger partial charge in [-0.25, -0.2) is 0 Å². The average Bonchev–Trinajstić information content (AvgIpc) is 3.53. The summed E-state index contributed by atoms with van der Waals surface area (Å²) in [5, 5.41) is 4.91. The second-order valence-electron chi connectivity index (χ2n) is 15.2. The molecule has 0 saturated heterocycles. The fourth-order valence-electron chi connectivity index (χ4n) is 6.34. The smallest absolute Gasteiger partial charge is 0 e. The molecule has 0 fully saturated rings. The van der Waals surface area contributed by atoms with Crippen LogP contribution in [0.15, 0.2) is 134 Å². The number of aromatic nitrogens is 2. The molecule has 5 aromatic carbocycles. The first-order valence-electron chi connectivity index (χ1n) is 18.1. The fourth-order valence-corrected chi connectivity index (χ4v) is 12.4. The van der Waals surface area contributed by atoms with E-state index < -0.39 is 32.4 Å². The van der Waals surface area contributed by atoms with Gasteiger partial charge < -0.3 is 0 Å². The SMILES string of the molecule is [2H]C(C)(c1ccnc(-c2[c-]ccc3c2sc2c[c]([Ge]([CH3])([CH3])[CH3])ccc23)c1)c1ccc2ccccc2c1.[CH3][Ge]([CH3])([CH3])[c]1ccc(-c2[c-]cccc2)nc1.[Ir]. The molecular formula is C46H44Ge2IrN2S-2. The Kier molecular flexibility index (Phi) is 11.3. The summed E-state index contributed by atoms with van der Waals surface area (Å²) in [7, 11) is 0. The van der Waals surface area contributed by atoms with Gasteiger partial charge >= 0.3 is 275 Å². The van der Waals surface area contributed by atoms with E-state index in [4.69, 9.17) is 4.98 Å². The van der Waals surface area contributed by atoms with Crippen molar-refractivity contribution >= 4 is 77.6 Å². The molecule has 0 bridgehead atoms. The maximum absolute atomic E-state index is 9.35. The van der Waals surface area contributed by atoms with Crippen molar-refractivity contribution in [2.45, 2.75) is 47.4 Å². The Labute approximate surface area is 333 Å². The van der Waals surface area contributed by atoms with Gasteiger partial charge in [0.15, 0.2) is 0 Å². The Bertz CT molecular complexity index is 2520. The number of benzene rings is 5. The zero-order chi connectivity index (χ0) is 36.7. The van der Waals surface area contributed by atoms with Gasteiger partial charge in [0.1, 0.15) is 0 Å². The Morgan fingerprint density at radius 1 is 0.635 bits per heavy atom. The van der Waals surface area contributed by atoms with E-state index in [-0.39, 0.29) is 20.1 Å². The van der Waals surface area contributed by atoms with Gasteiger partial charge in [0.05, 0.1) is 0 Å². The molecular weight excluding hydrogens is 950 g/mol. The topological polar surface area (TPSA) is 25.8 Å². The number of thiophene rings is 1. The molecule has 1 unspecified atom stereocenters. The largest absolute Gasteiger partial charge is 0 e. The van der Waals surface area contributed by atoms with Crippen molar-refractivity contribution in [2.75, 3.05) is 0 Å². The second kappa shape index (κ2) is 15.9. The van der Waals surface area contributed by atoms with E-state index in [9.17, 15) is 1.37 Å². The number of hydrogen-bond donors (Lipinski definition) is 0. The predicted molar refractivity (Wildman–Crippen MR) is 227 cm³/mol. The first-order valence-corrected chi connectivity index (χ1v) is 33.1. The minimum Gasteiger partial charge on any atom is 0 e. The van der Waals surface area contributed by atoms with Crippen molar-refractivity contribution in [1.82, 2.24) is 9.97 Å². The monoisotopic (exact) mass is 998 g/mol. The van der Waals surface area contributed by atoms with Crippen LogP contribution in [0.4, 0.5) is 0 Å². The Balaban J connectivity index is 0.000000238. The third-order valence-electron chi connectivity index (χ3n) is 9.55. The Morgan fingerprint density at radius 3 is 2.08 bits per heavy atom. The molecule has 3 heterocycles. The standard InChI is InChI=1S/C32H28GeNS.C14H16GeN.Ir/c1-21(23-13-12-22-8-5-6-9-25(22)18-23)24-16-17-34-30(19-24)29-11-7-10-28-27-15-14-26(33(2,3)4)20-31(27)35-32(28)29;1-15(2,3)13-9-10-14(16-11-13)12-7-5-4-6-8-12;/h5-10,12-21H,1-4H3;4-7,9-11H,1-3H3;/q2*-1;/i21D;;. The van der Waals surface area contributed by atoms with Crippen LogP contribution in [0.3, 0.4) is 0 Å². The molecule has 0 spiro atoms. The van der Waals surface area contributed by atoms with E-state index in [2.05, 4.69) is 131 Å². The molecule has 1 radical (unpaired) electrons. The number of pyridine rings is 2. The number of fused-ring (bicyclic) bond motifs is 4. The van der Waals surface area contributed by atoms with E-state index in [0.717, 1.165) is 39.0 Å². The zero-order valence-electron chi connectivity index (χ0n) is 31.8. The van der Waals surface area contributed by atoms with Gasteiger partial charge in [0, 0.05) is 20.1 Å². The molecule has 8 rings (SSSR count). The molecule has 0 aliphatic carbocycles. The maximum Gasteiger partial charge on any atom is 0 e. The number of hydrogen-bond acceptors (Lipinski definition) is 3.